The molecule has 0 radical (unpaired) electrons. The summed E-state index contributed by atoms with van der Waals surface area (Å²) < 4.78 is 4.58. The molecular formula is C6H12O3. The third-order valence-corrected chi connectivity index (χ3v) is 1.02. The Balaban J connectivity index is 3.71. The van der Waals surface area contributed by atoms with E-state index in [0.29, 0.717) is 0 Å². The number of Topliss-reactive ketones (excluding diaryl/α,β-unsaturated/α-hetero) is 1. The van der Waals surface area contributed by atoms with E-state index in [1.807, 2.05) is 0 Å². The van der Waals surface area contributed by atoms with E-state index in [2.05, 4.69) is 4.74 Å². The van der Waals surface area contributed by atoms with Crippen LogP contribution in [0.1, 0.15) is 20.3 Å². The maximum atomic E-state index is 10.4. The van der Waals surface area contributed by atoms with Gasteiger partial charge in [-0.05, 0) is 13.8 Å². The fourth-order valence-corrected chi connectivity index (χ4v) is 0.534. The highest BCUT2D eigenvalue weighted by Gasteiger charge is 2.20. The summed E-state index contributed by atoms with van der Waals surface area (Å²) in [6.07, 6.45) is 0.0451. The van der Waals surface area contributed by atoms with Gasteiger partial charge in [0.2, 0.25) is 0 Å². The summed E-state index contributed by atoms with van der Waals surface area (Å²) in [5, 5.41) is 9.05. The molecule has 0 aliphatic rings. The van der Waals surface area contributed by atoms with Gasteiger partial charge in [0.1, 0.15) is 5.78 Å². The fraction of sp³-hybridized carbons (Fsp3) is 0.833. The van der Waals surface area contributed by atoms with Crippen molar-refractivity contribution in [3.05, 3.63) is 0 Å². The summed E-state index contributed by atoms with van der Waals surface area (Å²) in [5.41, 5.74) is 0. The first kappa shape index (κ1) is 8.59. The van der Waals surface area contributed by atoms with Crippen molar-refractivity contribution < 1.29 is 14.6 Å². The van der Waals surface area contributed by atoms with E-state index in [4.69, 9.17) is 5.11 Å². The maximum Gasteiger partial charge on any atom is 0.169 e. The van der Waals surface area contributed by atoms with Crippen molar-refractivity contribution in [2.45, 2.75) is 26.1 Å². The van der Waals surface area contributed by atoms with Gasteiger partial charge >= 0.3 is 0 Å². The fourth-order valence-electron chi connectivity index (χ4n) is 0.534. The van der Waals surface area contributed by atoms with Crippen molar-refractivity contribution >= 4 is 5.78 Å². The first-order chi connectivity index (χ1) is 3.98. The minimum absolute atomic E-state index is 0.0451. The zero-order chi connectivity index (χ0) is 7.49. The lowest BCUT2D eigenvalue weighted by Crippen LogP contribution is -2.28. The van der Waals surface area contributed by atoms with Gasteiger partial charge in [0.15, 0.2) is 5.79 Å². The quantitative estimate of drug-likeness (QED) is 0.562. The van der Waals surface area contributed by atoms with Crippen LogP contribution in [0.5, 0.6) is 0 Å². The summed E-state index contributed by atoms with van der Waals surface area (Å²) in [7, 11) is 1.36. The Morgan fingerprint density at radius 2 is 2.22 bits per heavy atom. The largest absolute Gasteiger partial charge is 0.365 e. The number of aliphatic hydroxyl groups is 1. The molecule has 9 heavy (non-hydrogen) atoms. The summed E-state index contributed by atoms with van der Waals surface area (Å²) in [5.74, 6) is -1.37. The lowest BCUT2D eigenvalue weighted by molar-refractivity contribution is -0.177. The minimum Gasteiger partial charge on any atom is -0.365 e. The Morgan fingerprint density at radius 3 is 2.33 bits per heavy atom. The average Bonchev–Trinajstić information content (AvgIpc) is 1.63. The van der Waals surface area contributed by atoms with Crippen LogP contribution in [0.15, 0.2) is 0 Å². The molecule has 0 amide bonds. The average molecular weight is 132 g/mol. The van der Waals surface area contributed by atoms with Crippen molar-refractivity contribution in [1.82, 2.24) is 0 Å². The monoisotopic (exact) mass is 132 g/mol. The molecule has 3 heteroatoms. The number of methoxy groups -OCH3 is 1. The SMILES string of the molecule is COC(C)(O)CC(C)=O. The van der Waals surface area contributed by atoms with Crippen molar-refractivity contribution in [2.75, 3.05) is 7.11 Å². The second-order valence-corrected chi connectivity index (χ2v) is 2.26. The van der Waals surface area contributed by atoms with Gasteiger partial charge in [0.25, 0.3) is 0 Å². The summed E-state index contributed by atoms with van der Waals surface area (Å²) in [4.78, 5) is 10.4. The molecule has 0 aromatic carbocycles. The molecule has 0 heterocycles. The van der Waals surface area contributed by atoms with Gasteiger partial charge in [-0.1, -0.05) is 0 Å². The number of hydrogen-bond donors (Lipinski definition) is 1. The highest BCUT2D eigenvalue weighted by Crippen LogP contribution is 2.08. The molecule has 1 atom stereocenters. The third-order valence-electron chi connectivity index (χ3n) is 1.02. The molecule has 1 unspecified atom stereocenters. The van der Waals surface area contributed by atoms with E-state index in [1.165, 1.54) is 21.0 Å². The summed E-state index contributed by atoms with van der Waals surface area (Å²) in [6, 6.07) is 0. The number of carbonyl (C=O) groups is 1. The molecule has 0 rings (SSSR count). The molecular weight excluding hydrogens is 120 g/mol. The highest BCUT2D eigenvalue weighted by atomic mass is 16.6. The Bertz CT molecular complexity index is 107. The Morgan fingerprint density at radius 1 is 1.78 bits per heavy atom. The van der Waals surface area contributed by atoms with Crippen LogP contribution in [0.4, 0.5) is 0 Å². The van der Waals surface area contributed by atoms with Crippen LogP contribution in [-0.2, 0) is 9.53 Å². The topological polar surface area (TPSA) is 46.5 Å². The zero-order valence-corrected chi connectivity index (χ0v) is 5.97. The van der Waals surface area contributed by atoms with Gasteiger partial charge in [-0.25, -0.2) is 0 Å². The predicted molar refractivity (Wildman–Crippen MR) is 32.9 cm³/mol. The first-order valence-corrected chi connectivity index (χ1v) is 2.75. The number of hydrogen-bond acceptors (Lipinski definition) is 3. The van der Waals surface area contributed by atoms with Crippen LogP contribution in [0.25, 0.3) is 0 Å². The molecule has 0 aliphatic heterocycles. The first-order valence-electron chi connectivity index (χ1n) is 2.75. The van der Waals surface area contributed by atoms with E-state index in [1.54, 1.807) is 0 Å². The van der Waals surface area contributed by atoms with Crippen LogP contribution < -0.4 is 0 Å². The smallest absolute Gasteiger partial charge is 0.169 e. The molecule has 54 valence electrons. The summed E-state index contributed by atoms with van der Waals surface area (Å²) >= 11 is 0. The van der Waals surface area contributed by atoms with E-state index >= 15 is 0 Å². The Hall–Kier alpha value is -0.410. The predicted octanol–water partition coefficient (Wildman–Crippen LogP) is 0.320. The van der Waals surface area contributed by atoms with Crippen molar-refractivity contribution in [2.24, 2.45) is 0 Å². The van der Waals surface area contributed by atoms with E-state index in [0.717, 1.165) is 0 Å². The van der Waals surface area contributed by atoms with Crippen LogP contribution in [0.3, 0.4) is 0 Å². The molecule has 0 bridgehead atoms. The number of carbonyl (C=O) groups excluding carboxylic acids is 1. The molecule has 0 aromatic rings. The third kappa shape index (κ3) is 4.12. The number of rotatable bonds is 3. The highest BCUT2D eigenvalue weighted by molar-refractivity contribution is 5.76. The van der Waals surface area contributed by atoms with E-state index in [9.17, 15) is 4.79 Å². The molecule has 1 N–H and O–H groups in total. The van der Waals surface area contributed by atoms with Gasteiger partial charge in [0, 0.05) is 7.11 Å². The van der Waals surface area contributed by atoms with Crippen LogP contribution in [0.2, 0.25) is 0 Å². The molecule has 0 aromatic heterocycles. The van der Waals surface area contributed by atoms with Crippen LogP contribution in [-0.4, -0.2) is 23.8 Å². The Labute approximate surface area is 54.6 Å². The van der Waals surface area contributed by atoms with Crippen molar-refractivity contribution in [3.8, 4) is 0 Å². The molecule has 0 saturated heterocycles. The standard InChI is InChI=1S/C6H12O3/c1-5(7)4-6(2,8)9-3/h8H,4H2,1-3H3. The lowest BCUT2D eigenvalue weighted by atomic mass is 10.2. The van der Waals surface area contributed by atoms with Gasteiger partial charge in [-0.2, -0.15) is 0 Å². The van der Waals surface area contributed by atoms with Crippen molar-refractivity contribution in [3.63, 3.8) is 0 Å². The number of ether oxygens (including phenoxy) is 1. The van der Waals surface area contributed by atoms with Gasteiger partial charge < -0.3 is 9.84 Å². The van der Waals surface area contributed by atoms with Gasteiger partial charge in [0.05, 0.1) is 6.42 Å². The Kier molecular flexibility index (Phi) is 2.81. The molecule has 3 nitrogen and oxygen atoms in total. The van der Waals surface area contributed by atoms with Crippen molar-refractivity contribution in [1.29, 1.82) is 0 Å². The zero-order valence-electron chi connectivity index (χ0n) is 5.97. The molecule has 0 spiro atoms. The minimum atomic E-state index is -1.29. The second kappa shape index (κ2) is 2.94. The lowest BCUT2D eigenvalue weighted by Gasteiger charge is -2.18. The van der Waals surface area contributed by atoms with Gasteiger partial charge in [-0.15, -0.1) is 0 Å². The van der Waals surface area contributed by atoms with Crippen LogP contribution >= 0.6 is 0 Å². The maximum absolute atomic E-state index is 10.4. The molecule has 0 aliphatic carbocycles. The normalized spacial score (nSPS) is 16.9. The van der Waals surface area contributed by atoms with Gasteiger partial charge in [-0.3, -0.25) is 4.79 Å². The molecule has 0 fully saturated rings. The van der Waals surface area contributed by atoms with E-state index in [-0.39, 0.29) is 12.2 Å². The van der Waals surface area contributed by atoms with Crippen LogP contribution in [0, 0.1) is 0 Å². The summed E-state index contributed by atoms with van der Waals surface area (Å²) in [6.45, 7) is 2.86. The number of ketones is 1. The second-order valence-electron chi connectivity index (χ2n) is 2.26. The molecule has 0 saturated carbocycles. The van der Waals surface area contributed by atoms with E-state index < -0.39 is 5.79 Å².